The van der Waals surface area contributed by atoms with Gasteiger partial charge in [-0.3, -0.25) is 4.90 Å². The van der Waals surface area contributed by atoms with Gasteiger partial charge in [0.15, 0.2) is 9.84 Å². The van der Waals surface area contributed by atoms with E-state index in [1.54, 1.807) is 0 Å². The first kappa shape index (κ1) is 20.9. The van der Waals surface area contributed by atoms with E-state index in [1.807, 2.05) is 0 Å². The molecule has 138 valence electrons. The second-order valence-corrected chi connectivity index (χ2v) is 9.81. The first-order chi connectivity index (χ1) is 10.9. The Labute approximate surface area is 144 Å². The summed E-state index contributed by atoms with van der Waals surface area (Å²) in [7, 11) is -3.08. The highest BCUT2D eigenvalue weighted by Crippen LogP contribution is 2.31. The van der Waals surface area contributed by atoms with Gasteiger partial charge in [0.1, 0.15) is 5.37 Å². The van der Waals surface area contributed by atoms with Crippen LogP contribution in [0.4, 0.5) is 0 Å². The molecule has 4 nitrogen and oxygen atoms in total. The second-order valence-electron chi connectivity index (χ2n) is 7.47. The molecule has 1 fully saturated rings. The minimum atomic E-state index is -3.08. The predicted octanol–water partition coefficient (Wildman–Crippen LogP) is 3.70. The molecule has 23 heavy (non-hydrogen) atoms. The van der Waals surface area contributed by atoms with E-state index in [0.29, 0.717) is 13.1 Å². The highest BCUT2D eigenvalue weighted by molar-refractivity contribution is 7.92. The molecule has 0 aromatic rings. The van der Waals surface area contributed by atoms with Crippen LogP contribution in [0, 0.1) is 0 Å². The van der Waals surface area contributed by atoms with Crippen molar-refractivity contribution in [1.82, 2.24) is 4.90 Å². The minimum Gasteiger partial charge on any atom is -0.314 e. The van der Waals surface area contributed by atoms with Gasteiger partial charge in [-0.2, -0.15) is 0 Å². The molecular weight excluding hydrogens is 308 g/mol. The third-order valence-corrected chi connectivity index (χ3v) is 7.23. The number of hydrogen-bond donors (Lipinski definition) is 1. The first-order valence-corrected chi connectivity index (χ1v) is 11.3. The molecule has 0 amide bonds. The van der Waals surface area contributed by atoms with Crippen molar-refractivity contribution >= 4 is 9.84 Å². The summed E-state index contributed by atoms with van der Waals surface area (Å²) in [6.45, 7) is 7.95. The lowest BCUT2D eigenvalue weighted by atomic mass is 9.86. The zero-order valence-electron chi connectivity index (χ0n) is 15.5. The number of nitrogens with zero attached hydrogens (tertiary/aromatic N) is 1. The van der Waals surface area contributed by atoms with Crippen molar-refractivity contribution in [3.05, 3.63) is 0 Å². The first-order valence-electron chi connectivity index (χ1n) is 9.58. The van der Waals surface area contributed by atoms with Gasteiger partial charge in [-0.05, 0) is 19.8 Å². The van der Waals surface area contributed by atoms with Crippen molar-refractivity contribution in [2.24, 2.45) is 5.73 Å². The molecule has 5 heteroatoms. The van der Waals surface area contributed by atoms with Gasteiger partial charge in [-0.25, -0.2) is 8.42 Å². The molecule has 0 spiro atoms. The van der Waals surface area contributed by atoms with Crippen molar-refractivity contribution in [3.63, 3.8) is 0 Å². The maximum Gasteiger partial charge on any atom is 0.168 e. The van der Waals surface area contributed by atoms with Gasteiger partial charge >= 0.3 is 0 Å². The minimum absolute atomic E-state index is 0.106. The zero-order chi connectivity index (χ0) is 17.3. The number of unbranched alkanes of at least 4 members (excludes halogenated alkanes) is 6. The normalized spacial score (nSPS) is 22.3. The zero-order valence-corrected chi connectivity index (χ0v) is 16.3. The molecule has 2 N–H and O–H groups in total. The summed E-state index contributed by atoms with van der Waals surface area (Å²) in [5.41, 5.74) is 6.03. The van der Waals surface area contributed by atoms with E-state index in [1.165, 1.54) is 51.4 Å². The van der Waals surface area contributed by atoms with Gasteiger partial charge < -0.3 is 5.73 Å². The van der Waals surface area contributed by atoms with Crippen molar-refractivity contribution in [2.45, 2.75) is 95.9 Å². The molecule has 1 aliphatic rings. The Morgan fingerprint density at radius 1 is 1.00 bits per heavy atom. The molecule has 0 aliphatic carbocycles. The standard InChI is InChI=1S/C18H38N2O2S/c1-4-6-8-10-12-18(3,13-11-9-7-5-2)20-14-15-23(21,22)17(19)16-20/h17H,4-16,19H2,1-3H3. The number of hydrogen-bond acceptors (Lipinski definition) is 4. The van der Waals surface area contributed by atoms with Gasteiger partial charge in [0, 0.05) is 18.6 Å². The largest absolute Gasteiger partial charge is 0.314 e. The molecule has 1 saturated heterocycles. The fourth-order valence-corrected chi connectivity index (χ4v) is 4.79. The number of nitrogens with two attached hydrogens (primary N) is 1. The Balaban J connectivity index is 2.65. The van der Waals surface area contributed by atoms with Gasteiger partial charge in [-0.1, -0.05) is 65.2 Å². The summed E-state index contributed by atoms with van der Waals surface area (Å²) in [6.07, 6.45) is 12.4. The molecule has 0 saturated carbocycles. The Bertz CT molecular complexity index is 411. The molecule has 0 aromatic carbocycles. The Kier molecular flexibility index (Phi) is 9.09. The lowest BCUT2D eigenvalue weighted by Gasteiger charge is -2.45. The summed E-state index contributed by atoms with van der Waals surface area (Å²) >= 11 is 0. The van der Waals surface area contributed by atoms with Gasteiger partial charge in [0.05, 0.1) is 5.75 Å². The fraction of sp³-hybridized carbons (Fsp3) is 1.00. The van der Waals surface area contributed by atoms with E-state index in [0.717, 1.165) is 12.8 Å². The van der Waals surface area contributed by atoms with Crippen LogP contribution in [0.25, 0.3) is 0 Å². The van der Waals surface area contributed by atoms with Crippen LogP contribution in [0.2, 0.25) is 0 Å². The number of rotatable bonds is 11. The van der Waals surface area contributed by atoms with E-state index in [-0.39, 0.29) is 11.3 Å². The third-order valence-electron chi connectivity index (χ3n) is 5.41. The molecule has 0 bridgehead atoms. The fourth-order valence-electron chi connectivity index (χ4n) is 3.61. The monoisotopic (exact) mass is 346 g/mol. The van der Waals surface area contributed by atoms with Crippen LogP contribution in [0.3, 0.4) is 0 Å². The third kappa shape index (κ3) is 6.71. The Morgan fingerprint density at radius 2 is 1.52 bits per heavy atom. The van der Waals surface area contributed by atoms with Crippen molar-refractivity contribution < 1.29 is 8.42 Å². The van der Waals surface area contributed by atoms with Crippen LogP contribution in [-0.2, 0) is 9.84 Å². The Hall–Kier alpha value is -0.130. The maximum absolute atomic E-state index is 11.9. The molecule has 1 rings (SSSR count). The smallest absolute Gasteiger partial charge is 0.168 e. The molecular formula is C18H38N2O2S. The number of sulfone groups is 1. The van der Waals surface area contributed by atoms with Crippen molar-refractivity contribution in [3.8, 4) is 0 Å². The van der Waals surface area contributed by atoms with E-state index in [4.69, 9.17) is 5.73 Å². The van der Waals surface area contributed by atoms with Gasteiger partial charge in [-0.15, -0.1) is 0 Å². The van der Waals surface area contributed by atoms with E-state index < -0.39 is 15.2 Å². The molecule has 1 heterocycles. The van der Waals surface area contributed by atoms with Crippen molar-refractivity contribution in [1.29, 1.82) is 0 Å². The van der Waals surface area contributed by atoms with E-state index in [9.17, 15) is 8.42 Å². The van der Waals surface area contributed by atoms with Crippen LogP contribution >= 0.6 is 0 Å². The van der Waals surface area contributed by atoms with Gasteiger partial charge in [0.2, 0.25) is 0 Å². The van der Waals surface area contributed by atoms with Gasteiger partial charge in [0.25, 0.3) is 0 Å². The molecule has 0 radical (unpaired) electrons. The van der Waals surface area contributed by atoms with Crippen molar-refractivity contribution in [2.75, 3.05) is 18.8 Å². The van der Waals surface area contributed by atoms with E-state index in [2.05, 4.69) is 25.7 Å². The Morgan fingerprint density at radius 3 is 1.96 bits per heavy atom. The molecule has 0 aromatic heterocycles. The molecule has 1 atom stereocenters. The van der Waals surface area contributed by atoms with Crippen LogP contribution < -0.4 is 5.73 Å². The summed E-state index contributed by atoms with van der Waals surface area (Å²) < 4.78 is 23.8. The van der Waals surface area contributed by atoms with Crippen LogP contribution in [0.1, 0.15) is 85.0 Å². The van der Waals surface area contributed by atoms with Crippen LogP contribution in [-0.4, -0.2) is 43.1 Å². The lowest BCUT2D eigenvalue weighted by Crippen LogP contribution is -2.58. The summed E-state index contributed by atoms with van der Waals surface area (Å²) in [4.78, 5) is 2.37. The average Bonchev–Trinajstić information content (AvgIpc) is 2.51. The SMILES string of the molecule is CCCCCCC(C)(CCCCCC)N1CCS(=O)(=O)C(N)C1. The van der Waals surface area contributed by atoms with Crippen LogP contribution in [0.15, 0.2) is 0 Å². The predicted molar refractivity (Wildman–Crippen MR) is 99.3 cm³/mol. The molecule has 1 aliphatic heterocycles. The average molecular weight is 347 g/mol. The quantitative estimate of drug-likeness (QED) is 0.579. The lowest BCUT2D eigenvalue weighted by molar-refractivity contribution is 0.0814. The highest BCUT2D eigenvalue weighted by atomic mass is 32.2. The molecule has 1 unspecified atom stereocenters. The maximum atomic E-state index is 11.9. The topological polar surface area (TPSA) is 63.4 Å². The summed E-state index contributed by atoms with van der Waals surface area (Å²) in [5, 5.41) is -0.707. The second kappa shape index (κ2) is 10.00. The summed E-state index contributed by atoms with van der Waals surface area (Å²) in [6, 6.07) is 0. The summed E-state index contributed by atoms with van der Waals surface area (Å²) in [5.74, 6) is 0.216. The van der Waals surface area contributed by atoms with Crippen LogP contribution in [0.5, 0.6) is 0 Å². The van der Waals surface area contributed by atoms with E-state index >= 15 is 0 Å². The highest BCUT2D eigenvalue weighted by Gasteiger charge is 2.38.